The van der Waals surface area contributed by atoms with Crippen LogP contribution in [0, 0.1) is 6.92 Å². The standard InChI is InChI=1S/C17H14ClF3N6O4S/c1-9-3-5-10(6-4-9)32(29,30)24-14-12(31-17(19,20)21)8-7-11(13(14)18)15(28)22-16-23-25-26-27(16)2/h3-8,24H,1-2H3,(H,22,23,26,28). The van der Waals surface area contributed by atoms with E-state index in [1.165, 1.54) is 31.3 Å². The van der Waals surface area contributed by atoms with Gasteiger partial charge < -0.3 is 4.74 Å². The van der Waals surface area contributed by atoms with Gasteiger partial charge in [-0.25, -0.2) is 13.1 Å². The highest BCUT2D eigenvalue weighted by Gasteiger charge is 2.34. The van der Waals surface area contributed by atoms with Gasteiger partial charge >= 0.3 is 6.36 Å². The average molecular weight is 491 g/mol. The lowest BCUT2D eigenvalue weighted by Gasteiger charge is -2.18. The van der Waals surface area contributed by atoms with E-state index in [-0.39, 0.29) is 16.4 Å². The lowest BCUT2D eigenvalue weighted by molar-refractivity contribution is -0.274. The number of nitrogens with zero attached hydrogens (tertiary/aromatic N) is 4. The van der Waals surface area contributed by atoms with E-state index >= 15 is 0 Å². The van der Waals surface area contributed by atoms with Gasteiger partial charge in [0.1, 0.15) is 5.69 Å². The fourth-order valence-electron chi connectivity index (χ4n) is 2.45. The SMILES string of the molecule is Cc1ccc(S(=O)(=O)Nc2c(OC(F)(F)F)ccc(C(=O)Nc3nnnn3C)c2Cl)cc1. The number of carbonyl (C=O) groups excluding carboxylic acids is 1. The van der Waals surface area contributed by atoms with Gasteiger partial charge in [-0.05, 0) is 41.6 Å². The quantitative estimate of drug-likeness (QED) is 0.543. The van der Waals surface area contributed by atoms with E-state index in [1.807, 2.05) is 4.72 Å². The number of carbonyl (C=O) groups is 1. The number of hydrogen-bond donors (Lipinski definition) is 2. The number of benzene rings is 2. The molecule has 0 saturated carbocycles. The van der Waals surface area contributed by atoms with Crippen LogP contribution in [-0.4, -0.2) is 40.9 Å². The molecular weight excluding hydrogens is 477 g/mol. The van der Waals surface area contributed by atoms with Gasteiger partial charge in [0.05, 0.1) is 15.5 Å². The number of alkyl halides is 3. The first kappa shape index (κ1) is 23.3. The van der Waals surface area contributed by atoms with Crippen LogP contribution in [0.25, 0.3) is 0 Å². The summed E-state index contributed by atoms with van der Waals surface area (Å²) < 4.78 is 71.0. The van der Waals surface area contributed by atoms with Crippen molar-refractivity contribution in [1.82, 2.24) is 20.2 Å². The Morgan fingerprint density at radius 3 is 2.38 bits per heavy atom. The Morgan fingerprint density at radius 1 is 1.16 bits per heavy atom. The second-order valence-electron chi connectivity index (χ2n) is 6.35. The molecule has 0 aliphatic carbocycles. The molecular formula is C17H14ClF3N6O4S. The number of ether oxygens (including phenoxy) is 1. The Morgan fingerprint density at radius 2 is 1.81 bits per heavy atom. The summed E-state index contributed by atoms with van der Waals surface area (Å²) in [6.07, 6.45) is -5.15. The molecule has 1 heterocycles. The van der Waals surface area contributed by atoms with Gasteiger partial charge in [-0.15, -0.1) is 13.2 Å². The van der Waals surface area contributed by atoms with Gasteiger partial charge in [-0.1, -0.05) is 34.4 Å². The van der Waals surface area contributed by atoms with Crippen molar-refractivity contribution in [3.05, 3.63) is 52.5 Å². The summed E-state index contributed by atoms with van der Waals surface area (Å²) >= 11 is 6.14. The summed E-state index contributed by atoms with van der Waals surface area (Å²) in [5.41, 5.74) is -0.362. The first-order valence-corrected chi connectivity index (χ1v) is 10.4. The van der Waals surface area contributed by atoms with Crippen molar-refractivity contribution in [2.45, 2.75) is 18.2 Å². The second-order valence-corrected chi connectivity index (χ2v) is 8.41. The summed E-state index contributed by atoms with van der Waals surface area (Å²) in [4.78, 5) is 12.3. The van der Waals surface area contributed by atoms with Crippen LogP contribution in [-0.2, 0) is 17.1 Å². The second kappa shape index (κ2) is 8.63. The third kappa shape index (κ3) is 5.26. The number of tetrazole rings is 1. The Hall–Kier alpha value is -3.39. The first-order chi connectivity index (χ1) is 14.9. The molecule has 1 aromatic heterocycles. The third-order valence-corrected chi connectivity index (χ3v) is 5.75. The van der Waals surface area contributed by atoms with Gasteiger partial charge in [-0.2, -0.15) is 0 Å². The predicted octanol–water partition coefficient (Wildman–Crippen LogP) is 3.12. The Balaban J connectivity index is 2.04. The molecule has 0 fully saturated rings. The van der Waals surface area contributed by atoms with Crippen molar-refractivity contribution in [3.63, 3.8) is 0 Å². The Kier molecular flexibility index (Phi) is 6.27. The normalized spacial score (nSPS) is 11.8. The van der Waals surface area contributed by atoms with Crippen LogP contribution in [0.1, 0.15) is 15.9 Å². The highest BCUT2D eigenvalue weighted by molar-refractivity contribution is 7.92. The molecule has 0 saturated heterocycles. The number of halogens is 4. The first-order valence-electron chi connectivity index (χ1n) is 8.59. The van der Waals surface area contributed by atoms with Gasteiger partial charge in [0.25, 0.3) is 15.9 Å². The molecule has 3 rings (SSSR count). The summed E-state index contributed by atoms with van der Waals surface area (Å²) in [6, 6.07) is 7.22. The molecule has 0 unspecified atom stereocenters. The lowest BCUT2D eigenvalue weighted by atomic mass is 10.1. The monoisotopic (exact) mass is 490 g/mol. The van der Waals surface area contributed by atoms with Crippen molar-refractivity contribution >= 4 is 39.2 Å². The van der Waals surface area contributed by atoms with E-state index < -0.39 is 38.8 Å². The molecule has 2 N–H and O–H groups in total. The number of amides is 1. The summed E-state index contributed by atoms with van der Waals surface area (Å²) in [5.74, 6) is -1.93. The number of aromatic nitrogens is 4. The molecule has 0 bridgehead atoms. The van der Waals surface area contributed by atoms with E-state index in [9.17, 15) is 26.4 Å². The molecule has 0 radical (unpaired) electrons. The number of nitrogens with one attached hydrogen (secondary N) is 2. The van der Waals surface area contributed by atoms with Gasteiger partial charge in [-0.3, -0.25) is 14.8 Å². The fourth-order valence-corrected chi connectivity index (χ4v) is 3.88. The van der Waals surface area contributed by atoms with Gasteiger partial charge in [0.2, 0.25) is 5.95 Å². The summed E-state index contributed by atoms with van der Waals surface area (Å²) in [6.45, 7) is 1.73. The van der Waals surface area contributed by atoms with E-state index in [0.717, 1.165) is 22.4 Å². The fraction of sp³-hybridized carbons (Fsp3) is 0.176. The Labute approximate surface area is 184 Å². The van der Waals surface area contributed by atoms with Crippen LogP contribution in [0.2, 0.25) is 5.02 Å². The van der Waals surface area contributed by atoms with Crippen molar-refractivity contribution in [2.24, 2.45) is 7.05 Å². The maximum atomic E-state index is 12.9. The molecule has 0 atom stereocenters. The highest BCUT2D eigenvalue weighted by atomic mass is 35.5. The van der Waals surface area contributed by atoms with E-state index in [2.05, 4.69) is 25.6 Å². The molecule has 0 aliphatic rings. The zero-order valence-corrected chi connectivity index (χ0v) is 17.9. The topological polar surface area (TPSA) is 128 Å². The summed E-state index contributed by atoms with van der Waals surface area (Å²) in [7, 11) is -2.95. The number of anilines is 2. The van der Waals surface area contributed by atoms with Crippen LogP contribution >= 0.6 is 11.6 Å². The summed E-state index contributed by atoms with van der Waals surface area (Å²) in [5, 5.41) is 12.1. The number of aryl methyl sites for hydroxylation is 2. The Bertz CT molecular complexity index is 1260. The minimum Gasteiger partial charge on any atom is -0.403 e. The molecule has 10 nitrogen and oxygen atoms in total. The highest BCUT2D eigenvalue weighted by Crippen LogP contribution is 2.39. The zero-order chi connectivity index (χ0) is 23.7. The minimum absolute atomic E-state index is 0.0801. The van der Waals surface area contributed by atoms with Crippen LogP contribution in [0.4, 0.5) is 24.8 Å². The average Bonchev–Trinajstić information content (AvgIpc) is 3.08. The van der Waals surface area contributed by atoms with Crippen LogP contribution in [0.3, 0.4) is 0 Å². The largest absolute Gasteiger partial charge is 0.573 e. The van der Waals surface area contributed by atoms with Crippen LogP contribution in [0.5, 0.6) is 5.75 Å². The molecule has 0 aliphatic heterocycles. The van der Waals surface area contributed by atoms with Crippen LogP contribution < -0.4 is 14.8 Å². The minimum atomic E-state index is -5.15. The molecule has 1 amide bonds. The molecule has 15 heteroatoms. The molecule has 3 aromatic rings. The molecule has 170 valence electrons. The van der Waals surface area contributed by atoms with Crippen molar-refractivity contribution < 1.29 is 31.1 Å². The van der Waals surface area contributed by atoms with Gasteiger partial charge in [0, 0.05) is 7.05 Å². The maximum Gasteiger partial charge on any atom is 0.573 e. The number of sulfonamides is 1. The van der Waals surface area contributed by atoms with Crippen molar-refractivity contribution in [3.8, 4) is 5.75 Å². The van der Waals surface area contributed by atoms with Gasteiger partial charge in [0.15, 0.2) is 5.75 Å². The third-order valence-electron chi connectivity index (χ3n) is 3.99. The zero-order valence-electron chi connectivity index (χ0n) is 16.3. The van der Waals surface area contributed by atoms with E-state index in [4.69, 9.17) is 11.6 Å². The number of rotatable bonds is 6. The van der Waals surface area contributed by atoms with Crippen molar-refractivity contribution in [2.75, 3.05) is 10.0 Å². The lowest BCUT2D eigenvalue weighted by Crippen LogP contribution is -2.21. The maximum absolute atomic E-state index is 12.9. The van der Waals surface area contributed by atoms with E-state index in [0.29, 0.717) is 0 Å². The smallest absolute Gasteiger partial charge is 0.403 e. The van der Waals surface area contributed by atoms with E-state index in [1.54, 1.807) is 6.92 Å². The molecule has 2 aromatic carbocycles. The number of hydrogen-bond acceptors (Lipinski definition) is 7. The predicted molar refractivity (Wildman–Crippen MR) is 107 cm³/mol. The van der Waals surface area contributed by atoms with Crippen molar-refractivity contribution in [1.29, 1.82) is 0 Å². The molecule has 0 spiro atoms. The van der Waals surface area contributed by atoms with Crippen LogP contribution in [0.15, 0.2) is 41.3 Å². The molecule has 32 heavy (non-hydrogen) atoms.